The van der Waals surface area contributed by atoms with E-state index in [0.717, 1.165) is 6.29 Å². The van der Waals surface area contributed by atoms with Gasteiger partial charge in [0.2, 0.25) is 0 Å². The summed E-state index contributed by atoms with van der Waals surface area (Å²) in [4.78, 5) is 10.8. The van der Waals surface area contributed by atoms with Gasteiger partial charge in [0.15, 0.2) is 8.32 Å². The smallest absolute Gasteiger partial charge is 0.193 e. The maximum atomic E-state index is 10.8. The van der Waals surface area contributed by atoms with Crippen molar-refractivity contribution in [1.82, 2.24) is 0 Å². The Balaban J connectivity index is 4.56. The van der Waals surface area contributed by atoms with Gasteiger partial charge >= 0.3 is 0 Å². The SMILES string of the molecule is CC(C)[C@H](C=O)O[Si](C)(C)C(C)(C)C. The van der Waals surface area contributed by atoms with Crippen molar-refractivity contribution in [3.8, 4) is 0 Å². The molecule has 2 nitrogen and oxygen atoms in total. The van der Waals surface area contributed by atoms with Gasteiger partial charge in [-0.1, -0.05) is 34.6 Å². The van der Waals surface area contributed by atoms with Gasteiger partial charge in [0.1, 0.15) is 12.4 Å². The second-order valence-electron chi connectivity index (χ2n) is 5.72. The van der Waals surface area contributed by atoms with E-state index in [1.165, 1.54) is 0 Å². The zero-order valence-corrected chi connectivity index (χ0v) is 11.5. The quantitative estimate of drug-likeness (QED) is 0.533. The summed E-state index contributed by atoms with van der Waals surface area (Å²) in [6.45, 7) is 14.9. The van der Waals surface area contributed by atoms with Gasteiger partial charge in [-0.05, 0) is 24.1 Å². The van der Waals surface area contributed by atoms with Crippen LogP contribution in [0.15, 0.2) is 0 Å². The van der Waals surface area contributed by atoms with Crippen molar-refractivity contribution in [2.24, 2.45) is 5.92 Å². The lowest BCUT2D eigenvalue weighted by Gasteiger charge is -2.38. The van der Waals surface area contributed by atoms with Crippen LogP contribution in [-0.4, -0.2) is 20.7 Å². The molecule has 14 heavy (non-hydrogen) atoms. The molecule has 0 unspecified atom stereocenters. The molecule has 0 bridgehead atoms. The molecule has 0 saturated carbocycles. The molecular weight excluding hydrogens is 192 g/mol. The van der Waals surface area contributed by atoms with Crippen molar-refractivity contribution in [3.63, 3.8) is 0 Å². The van der Waals surface area contributed by atoms with E-state index in [0.29, 0.717) is 0 Å². The second kappa shape index (κ2) is 4.58. The molecule has 3 heteroatoms. The Morgan fingerprint density at radius 1 is 1.21 bits per heavy atom. The third kappa shape index (κ3) is 3.54. The Bertz CT molecular complexity index is 192. The van der Waals surface area contributed by atoms with E-state index in [1.807, 2.05) is 13.8 Å². The van der Waals surface area contributed by atoms with E-state index in [-0.39, 0.29) is 17.1 Å². The number of carbonyl (C=O) groups is 1. The molecule has 0 aromatic carbocycles. The van der Waals surface area contributed by atoms with Gasteiger partial charge in [-0.3, -0.25) is 0 Å². The number of aldehydes is 1. The molecule has 0 aliphatic carbocycles. The van der Waals surface area contributed by atoms with Crippen molar-refractivity contribution in [2.45, 2.75) is 58.9 Å². The molecule has 0 amide bonds. The first kappa shape index (κ1) is 13.8. The fraction of sp³-hybridized carbons (Fsp3) is 0.909. The monoisotopic (exact) mass is 216 g/mol. The number of rotatable bonds is 4. The highest BCUT2D eigenvalue weighted by Gasteiger charge is 2.39. The zero-order valence-electron chi connectivity index (χ0n) is 10.5. The predicted octanol–water partition coefficient (Wildman–Crippen LogP) is 3.23. The number of carbonyl (C=O) groups excluding carboxylic acids is 1. The normalized spacial score (nSPS) is 15.7. The van der Waals surface area contributed by atoms with E-state index < -0.39 is 8.32 Å². The fourth-order valence-electron chi connectivity index (χ4n) is 0.838. The Hall–Kier alpha value is -0.153. The molecule has 0 aliphatic rings. The summed E-state index contributed by atoms with van der Waals surface area (Å²) in [6.07, 6.45) is 0.696. The first-order valence-electron chi connectivity index (χ1n) is 5.25. The highest BCUT2D eigenvalue weighted by Crippen LogP contribution is 2.37. The van der Waals surface area contributed by atoms with Crippen LogP contribution in [0.4, 0.5) is 0 Å². The van der Waals surface area contributed by atoms with Crippen LogP contribution in [0.2, 0.25) is 18.1 Å². The highest BCUT2D eigenvalue weighted by atomic mass is 28.4. The van der Waals surface area contributed by atoms with Crippen LogP contribution in [0.5, 0.6) is 0 Å². The first-order valence-corrected chi connectivity index (χ1v) is 8.16. The van der Waals surface area contributed by atoms with Gasteiger partial charge in [0, 0.05) is 0 Å². The van der Waals surface area contributed by atoms with Crippen LogP contribution in [0.1, 0.15) is 34.6 Å². The van der Waals surface area contributed by atoms with Crippen LogP contribution in [0, 0.1) is 5.92 Å². The van der Waals surface area contributed by atoms with Crippen molar-refractivity contribution < 1.29 is 9.22 Å². The van der Waals surface area contributed by atoms with Gasteiger partial charge in [-0.2, -0.15) is 0 Å². The largest absolute Gasteiger partial charge is 0.407 e. The summed E-state index contributed by atoms with van der Waals surface area (Å²) in [7, 11) is -1.78. The summed E-state index contributed by atoms with van der Waals surface area (Å²) >= 11 is 0. The van der Waals surface area contributed by atoms with Crippen LogP contribution in [-0.2, 0) is 9.22 Å². The summed E-state index contributed by atoms with van der Waals surface area (Å²) in [5.74, 6) is 0.265. The third-order valence-electron chi connectivity index (χ3n) is 3.03. The van der Waals surface area contributed by atoms with Crippen molar-refractivity contribution >= 4 is 14.6 Å². The van der Waals surface area contributed by atoms with Gasteiger partial charge < -0.3 is 9.22 Å². The molecule has 1 atom stereocenters. The average molecular weight is 216 g/mol. The van der Waals surface area contributed by atoms with Gasteiger partial charge in [-0.15, -0.1) is 0 Å². The lowest BCUT2D eigenvalue weighted by atomic mass is 10.1. The van der Waals surface area contributed by atoms with Gasteiger partial charge in [-0.25, -0.2) is 0 Å². The minimum atomic E-state index is -1.78. The second-order valence-corrected chi connectivity index (χ2v) is 10.5. The van der Waals surface area contributed by atoms with E-state index in [2.05, 4.69) is 33.9 Å². The van der Waals surface area contributed by atoms with Crippen molar-refractivity contribution in [1.29, 1.82) is 0 Å². The summed E-state index contributed by atoms with van der Waals surface area (Å²) in [5.41, 5.74) is 0. The van der Waals surface area contributed by atoms with E-state index in [1.54, 1.807) is 0 Å². The summed E-state index contributed by atoms with van der Waals surface area (Å²) < 4.78 is 5.98. The molecule has 84 valence electrons. The molecular formula is C11H24O2Si. The average Bonchev–Trinajstić information content (AvgIpc) is 1.97. The highest BCUT2D eigenvalue weighted by molar-refractivity contribution is 6.74. The molecule has 0 fully saturated rings. The van der Waals surface area contributed by atoms with Crippen LogP contribution >= 0.6 is 0 Å². The molecule has 0 N–H and O–H groups in total. The van der Waals surface area contributed by atoms with Crippen molar-refractivity contribution in [2.75, 3.05) is 0 Å². The van der Waals surface area contributed by atoms with E-state index in [9.17, 15) is 4.79 Å². The molecule has 0 heterocycles. The number of hydrogen-bond acceptors (Lipinski definition) is 2. The maximum absolute atomic E-state index is 10.8. The lowest BCUT2D eigenvalue weighted by Crippen LogP contribution is -2.45. The minimum absolute atomic E-state index is 0.170. The Kier molecular flexibility index (Phi) is 4.53. The lowest BCUT2D eigenvalue weighted by molar-refractivity contribution is -0.115. The maximum Gasteiger partial charge on any atom is 0.193 e. The molecule has 0 radical (unpaired) electrons. The Morgan fingerprint density at radius 3 is 1.86 bits per heavy atom. The Labute approximate surface area is 89.2 Å². The molecule has 0 aromatic heterocycles. The predicted molar refractivity (Wildman–Crippen MR) is 63.0 cm³/mol. The van der Waals surface area contributed by atoms with Gasteiger partial charge in [0.05, 0.1) is 0 Å². The molecule has 0 saturated heterocycles. The standard InChI is InChI=1S/C11H24O2Si/c1-9(2)10(8-12)13-14(6,7)11(3,4)5/h8-10H,1-7H3/t10-/m0/s1. The summed E-state index contributed by atoms with van der Waals surface area (Å²) in [6, 6.07) is 0. The third-order valence-corrected chi connectivity index (χ3v) is 7.50. The first-order chi connectivity index (χ1) is 6.12. The van der Waals surface area contributed by atoms with E-state index in [4.69, 9.17) is 4.43 Å². The summed E-state index contributed by atoms with van der Waals surface area (Å²) in [5, 5.41) is 0.170. The van der Waals surface area contributed by atoms with Crippen LogP contribution < -0.4 is 0 Å². The number of hydrogen-bond donors (Lipinski definition) is 0. The molecule has 0 rings (SSSR count). The minimum Gasteiger partial charge on any atom is -0.407 e. The van der Waals surface area contributed by atoms with Crippen molar-refractivity contribution in [3.05, 3.63) is 0 Å². The topological polar surface area (TPSA) is 26.3 Å². The van der Waals surface area contributed by atoms with Gasteiger partial charge in [0.25, 0.3) is 0 Å². The zero-order chi connectivity index (χ0) is 11.6. The van der Waals surface area contributed by atoms with E-state index >= 15 is 0 Å². The molecule has 0 spiro atoms. The molecule has 0 aliphatic heterocycles. The van der Waals surface area contributed by atoms with Crippen LogP contribution in [0.3, 0.4) is 0 Å². The molecule has 0 aromatic rings. The fourth-order valence-corrected chi connectivity index (χ4v) is 2.20. The van der Waals surface area contributed by atoms with Crippen LogP contribution in [0.25, 0.3) is 0 Å². The Morgan fingerprint density at radius 2 is 1.64 bits per heavy atom.